The zero-order valence-electron chi connectivity index (χ0n) is 13.5. The van der Waals surface area contributed by atoms with Crippen LogP contribution in [0.25, 0.3) is 16.8 Å². The van der Waals surface area contributed by atoms with Crippen molar-refractivity contribution in [3.63, 3.8) is 0 Å². The first kappa shape index (κ1) is 14.1. The van der Waals surface area contributed by atoms with E-state index < -0.39 is 0 Å². The number of hydrogen-bond donors (Lipinski definition) is 1. The van der Waals surface area contributed by atoms with Crippen molar-refractivity contribution in [2.75, 3.05) is 30.9 Å². The number of fused-ring (bicyclic) bond motifs is 1. The molecule has 0 radical (unpaired) electrons. The highest BCUT2D eigenvalue weighted by Gasteiger charge is 2.21. The molecule has 1 saturated carbocycles. The Morgan fingerprint density at radius 3 is 2.78 bits per heavy atom. The SMILES string of the molecule is CN(C)c1ccccc1-c1cnn2c(NCC3CC3)ccnc12. The van der Waals surface area contributed by atoms with E-state index in [0.29, 0.717) is 0 Å². The van der Waals surface area contributed by atoms with E-state index in [0.717, 1.165) is 35.1 Å². The summed E-state index contributed by atoms with van der Waals surface area (Å²) in [7, 11) is 4.11. The van der Waals surface area contributed by atoms with Crippen LogP contribution < -0.4 is 10.2 Å². The van der Waals surface area contributed by atoms with Gasteiger partial charge in [0.05, 0.1) is 6.20 Å². The Kier molecular flexibility index (Phi) is 3.41. The van der Waals surface area contributed by atoms with E-state index in [-0.39, 0.29) is 0 Å². The second kappa shape index (κ2) is 5.57. The molecule has 0 unspecified atom stereocenters. The number of nitrogens with one attached hydrogen (secondary N) is 1. The van der Waals surface area contributed by atoms with Gasteiger partial charge in [-0.15, -0.1) is 0 Å². The Morgan fingerprint density at radius 1 is 1.17 bits per heavy atom. The van der Waals surface area contributed by atoms with Gasteiger partial charge in [0.2, 0.25) is 0 Å². The summed E-state index contributed by atoms with van der Waals surface area (Å²) in [4.78, 5) is 6.68. The van der Waals surface area contributed by atoms with Crippen LogP contribution >= 0.6 is 0 Å². The van der Waals surface area contributed by atoms with Gasteiger partial charge in [-0.25, -0.2) is 4.98 Å². The fourth-order valence-corrected chi connectivity index (χ4v) is 2.88. The maximum Gasteiger partial charge on any atom is 0.165 e. The van der Waals surface area contributed by atoms with Crippen LogP contribution in [-0.2, 0) is 0 Å². The maximum atomic E-state index is 4.57. The summed E-state index contributed by atoms with van der Waals surface area (Å²) < 4.78 is 1.91. The quantitative estimate of drug-likeness (QED) is 0.785. The molecule has 1 aromatic carbocycles. The first-order valence-electron chi connectivity index (χ1n) is 8.07. The fraction of sp³-hybridized carbons (Fsp3) is 0.333. The van der Waals surface area contributed by atoms with Crippen LogP contribution in [0.1, 0.15) is 12.8 Å². The maximum absolute atomic E-state index is 4.57. The summed E-state index contributed by atoms with van der Waals surface area (Å²) in [6.45, 7) is 1.02. The van der Waals surface area contributed by atoms with Crippen molar-refractivity contribution in [2.24, 2.45) is 5.92 Å². The van der Waals surface area contributed by atoms with Crippen LogP contribution in [0, 0.1) is 5.92 Å². The summed E-state index contributed by atoms with van der Waals surface area (Å²) in [5.74, 6) is 1.83. The van der Waals surface area contributed by atoms with Crippen molar-refractivity contribution in [1.82, 2.24) is 14.6 Å². The van der Waals surface area contributed by atoms with E-state index >= 15 is 0 Å². The molecular formula is C18H21N5. The molecule has 2 aromatic heterocycles. The highest BCUT2D eigenvalue weighted by Crippen LogP contribution is 2.33. The topological polar surface area (TPSA) is 45.5 Å². The fourth-order valence-electron chi connectivity index (χ4n) is 2.88. The van der Waals surface area contributed by atoms with Crippen LogP contribution in [0.15, 0.2) is 42.7 Å². The lowest BCUT2D eigenvalue weighted by molar-refractivity contribution is 0.856. The molecule has 0 aliphatic heterocycles. The molecule has 0 saturated heterocycles. The number of anilines is 2. The number of aromatic nitrogens is 3. The first-order valence-corrected chi connectivity index (χ1v) is 8.07. The summed E-state index contributed by atoms with van der Waals surface area (Å²) in [5, 5.41) is 8.07. The van der Waals surface area contributed by atoms with E-state index in [9.17, 15) is 0 Å². The van der Waals surface area contributed by atoms with Crippen LogP contribution in [0.3, 0.4) is 0 Å². The molecule has 2 heterocycles. The van der Waals surface area contributed by atoms with Gasteiger partial charge in [-0.2, -0.15) is 9.61 Å². The van der Waals surface area contributed by atoms with Crippen LogP contribution in [0.5, 0.6) is 0 Å². The lowest BCUT2D eigenvalue weighted by Gasteiger charge is -2.16. The third-order valence-electron chi connectivity index (χ3n) is 4.35. The largest absolute Gasteiger partial charge is 0.377 e. The molecule has 1 fully saturated rings. The minimum Gasteiger partial charge on any atom is -0.377 e. The van der Waals surface area contributed by atoms with Gasteiger partial charge in [0, 0.05) is 43.7 Å². The van der Waals surface area contributed by atoms with E-state index in [4.69, 9.17) is 0 Å². The Labute approximate surface area is 136 Å². The first-order chi connectivity index (χ1) is 11.2. The normalized spacial score (nSPS) is 14.2. The Bertz CT molecular complexity index is 832. The highest BCUT2D eigenvalue weighted by molar-refractivity contribution is 5.86. The van der Waals surface area contributed by atoms with Gasteiger partial charge in [0.1, 0.15) is 5.82 Å². The molecule has 5 nitrogen and oxygen atoms in total. The second-order valence-electron chi connectivity index (χ2n) is 6.36. The molecule has 0 amide bonds. The van der Waals surface area contributed by atoms with E-state index in [1.54, 1.807) is 0 Å². The van der Waals surface area contributed by atoms with Crippen molar-refractivity contribution in [1.29, 1.82) is 0 Å². The van der Waals surface area contributed by atoms with Crippen LogP contribution in [0.2, 0.25) is 0 Å². The molecule has 4 rings (SSSR count). The smallest absolute Gasteiger partial charge is 0.165 e. The Morgan fingerprint density at radius 2 is 2.00 bits per heavy atom. The Balaban J connectivity index is 1.78. The molecule has 118 valence electrons. The number of para-hydroxylation sites is 1. The average molecular weight is 307 g/mol. The molecule has 1 aliphatic carbocycles. The summed E-state index contributed by atoms with van der Waals surface area (Å²) in [6, 6.07) is 10.3. The molecule has 23 heavy (non-hydrogen) atoms. The van der Waals surface area contributed by atoms with Gasteiger partial charge in [0.15, 0.2) is 5.65 Å². The lowest BCUT2D eigenvalue weighted by atomic mass is 10.1. The molecule has 3 aromatic rings. The molecule has 1 N–H and O–H groups in total. The Hall–Kier alpha value is -2.56. The van der Waals surface area contributed by atoms with E-state index in [1.165, 1.54) is 18.5 Å². The third-order valence-corrected chi connectivity index (χ3v) is 4.35. The molecule has 0 spiro atoms. The highest BCUT2D eigenvalue weighted by atomic mass is 15.3. The standard InChI is InChI=1S/C18H21N5/c1-22(2)16-6-4-3-5-14(16)15-12-21-23-17(9-10-19-18(15)23)20-11-13-7-8-13/h3-6,9-10,12-13,20H,7-8,11H2,1-2H3. The van der Waals surface area contributed by atoms with Crippen LogP contribution in [-0.4, -0.2) is 35.2 Å². The molecular weight excluding hydrogens is 286 g/mol. The minimum atomic E-state index is 0.822. The zero-order valence-corrected chi connectivity index (χ0v) is 13.5. The summed E-state index contributed by atoms with van der Waals surface area (Å²) >= 11 is 0. The van der Waals surface area contributed by atoms with Gasteiger partial charge in [-0.05, 0) is 30.9 Å². The third kappa shape index (κ3) is 2.63. The molecule has 1 aliphatic rings. The van der Waals surface area contributed by atoms with Gasteiger partial charge < -0.3 is 10.2 Å². The monoisotopic (exact) mass is 307 g/mol. The van der Waals surface area contributed by atoms with Crippen molar-refractivity contribution in [3.05, 3.63) is 42.7 Å². The van der Waals surface area contributed by atoms with Gasteiger partial charge in [-0.3, -0.25) is 0 Å². The summed E-state index contributed by atoms with van der Waals surface area (Å²) in [5.41, 5.74) is 4.27. The number of rotatable bonds is 5. The molecule has 5 heteroatoms. The summed E-state index contributed by atoms with van der Waals surface area (Å²) in [6.07, 6.45) is 6.44. The predicted molar refractivity (Wildman–Crippen MR) is 94.0 cm³/mol. The average Bonchev–Trinajstić information content (AvgIpc) is 3.30. The zero-order chi connectivity index (χ0) is 15.8. The van der Waals surface area contributed by atoms with Gasteiger partial charge in [0.25, 0.3) is 0 Å². The predicted octanol–water partition coefficient (Wildman–Crippen LogP) is 3.28. The van der Waals surface area contributed by atoms with E-state index in [1.807, 2.05) is 23.0 Å². The molecule has 0 bridgehead atoms. The van der Waals surface area contributed by atoms with E-state index in [2.05, 4.69) is 58.7 Å². The van der Waals surface area contributed by atoms with Crippen molar-refractivity contribution in [2.45, 2.75) is 12.8 Å². The number of nitrogens with zero attached hydrogens (tertiary/aromatic N) is 4. The van der Waals surface area contributed by atoms with Gasteiger partial charge >= 0.3 is 0 Å². The molecule has 0 atom stereocenters. The second-order valence-corrected chi connectivity index (χ2v) is 6.36. The number of hydrogen-bond acceptors (Lipinski definition) is 4. The minimum absolute atomic E-state index is 0.822. The van der Waals surface area contributed by atoms with Crippen molar-refractivity contribution in [3.8, 4) is 11.1 Å². The van der Waals surface area contributed by atoms with Crippen molar-refractivity contribution < 1.29 is 0 Å². The van der Waals surface area contributed by atoms with Gasteiger partial charge in [-0.1, -0.05) is 18.2 Å². The van der Waals surface area contributed by atoms with Crippen molar-refractivity contribution >= 4 is 17.2 Å². The number of benzene rings is 1. The lowest BCUT2D eigenvalue weighted by Crippen LogP contribution is -2.10. The van der Waals surface area contributed by atoms with Crippen LogP contribution in [0.4, 0.5) is 11.5 Å².